The van der Waals surface area contributed by atoms with Crippen molar-refractivity contribution in [3.8, 4) is 0 Å². The first-order chi connectivity index (χ1) is 21.1. The molecule has 0 N–H and O–H groups in total. The maximum absolute atomic E-state index is 4.83. The molecule has 0 bridgehead atoms. The molecule has 0 amide bonds. The fraction of sp³-hybridized carbons (Fsp3) is 0.976. The molecule has 51 heavy (non-hydrogen) atoms. The van der Waals surface area contributed by atoms with Gasteiger partial charge in [-0.1, -0.05) is 0 Å². The molecule has 2 radical (unpaired) electrons. The zero-order valence-electron chi connectivity index (χ0n) is 39.0. The van der Waals surface area contributed by atoms with Gasteiger partial charge in [0, 0.05) is 83.9 Å². The predicted octanol–water partition coefficient (Wildman–Crippen LogP) is 14.6. The molecule has 0 saturated carbocycles. The van der Waals surface area contributed by atoms with E-state index in [-0.39, 0.29) is 74.2 Å². The Morgan fingerprint density at radius 3 is 0.510 bits per heavy atom. The Kier molecular flexibility index (Phi) is 35.4. The van der Waals surface area contributed by atoms with Crippen LogP contribution >= 0.6 is 43.9 Å². The molecule has 0 fully saturated rings. The van der Waals surface area contributed by atoms with E-state index in [0.29, 0.717) is 41.2 Å². The molecule has 0 spiro atoms. The van der Waals surface area contributed by atoms with Crippen molar-refractivity contribution < 1.29 is 43.7 Å². The Balaban J connectivity index is -0.000000155. The first-order valence-electron chi connectivity index (χ1n) is 19.0. The van der Waals surface area contributed by atoms with Crippen molar-refractivity contribution in [1.82, 2.24) is 0 Å². The van der Waals surface area contributed by atoms with E-state index in [9.17, 15) is 0 Å². The van der Waals surface area contributed by atoms with Gasteiger partial charge in [0.25, 0.3) is 0 Å². The Hall–Kier alpha value is 3.46. The summed E-state index contributed by atoms with van der Waals surface area (Å²) in [6.45, 7) is 64.8. The van der Waals surface area contributed by atoms with Crippen LogP contribution < -0.4 is 0 Å². The van der Waals surface area contributed by atoms with Crippen LogP contribution in [-0.4, -0.2) is 82.6 Å². The van der Waals surface area contributed by atoms with Crippen molar-refractivity contribution in [1.29, 1.82) is 0 Å². The summed E-state index contributed by atoms with van der Waals surface area (Å²) in [5.41, 5.74) is 0. The minimum Gasteiger partial charge on any atom is -0.570 e. The third kappa shape index (κ3) is 35.2. The zero-order valence-corrected chi connectivity index (χ0v) is 48.8. The summed E-state index contributed by atoms with van der Waals surface area (Å²) >= 11 is 12.5. The molecule has 0 aliphatic carbocycles. The minimum atomic E-state index is -0.364. The molecule has 0 aromatic carbocycles. The van der Waals surface area contributed by atoms with Gasteiger partial charge in [0.2, 0.25) is 0 Å². The average Bonchev–Trinajstić information content (AvgIpc) is 2.73. The number of hydrogen-bond donors (Lipinski definition) is 0. The van der Waals surface area contributed by atoms with Gasteiger partial charge in [0.05, 0.1) is 65.9 Å². The van der Waals surface area contributed by atoms with E-state index in [0.717, 1.165) is 13.2 Å². The van der Waals surface area contributed by atoms with Gasteiger partial charge in [0.15, 0.2) is 0 Å². The summed E-state index contributed by atoms with van der Waals surface area (Å²) in [7, 11) is -1.46. The molecule has 0 saturated heterocycles. The Morgan fingerprint density at radius 1 is 0.373 bits per heavy atom. The molecule has 0 aliphatic rings. The van der Waals surface area contributed by atoms with Crippen molar-refractivity contribution in [2.45, 2.75) is 221 Å². The summed E-state index contributed by atoms with van der Waals surface area (Å²) in [4.78, 5) is 0. The quantitative estimate of drug-likeness (QED) is 0.104. The number of rotatable bonds is 8. The maximum atomic E-state index is 4.83. The fourth-order valence-electron chi connectivity index (χ4n) is 8.20. The molecule has 0 rings (SSSR count). The van der Waals surface area contributed by atoms with Crippen LogP contribution in [0.5, 0.6) is 0 Å². The molecule has 0 aliphatic heterocycles. The predicted molar refractivity (Wildman–Crippen MR) is 260 cm³/mol. The third-order valence-electron chi connectivity index (χ3n) is 8.90. The van der Waals surface area contributed by atoms with Gasteiger partial charge in [0.1, 0.15) is 0 Å². The minimum absolute atomic E-state index is 0. The van der Waals surface area contributed by atoms with Crippen LogP contribution in [0.2, 0.25) is 0 Å². The fourth-order valence-corrected chi connectivity index (χ4v) is 27.2. The summed E-state index contributed by atoms with van der Waals surface area (Å²) in [6.07, 6.45) is 5.95. The molecule has 10 heteroatoms. The van der Waals surface area contributed by atoms with Gasteiger partial charge < -0.3 is 42.2 Å². The molecule has 0 atom stereocenters. The van der Waals surface area contributed by atoms with Crippen LogP contribution in [0.4, 0.5) is 0 Å². The Morgan fingerprint density at radius 2 is 0.471 bits per heavy atom. The van der Waals surface area contributed by atoms with Crippen LogP contribution in [0.3, 0.4) is 0 Å². The second-order valence-electron chi connectivity index (χ2n) is 21.9. The summed E-state index contributed by atoms with van der Waals surface area (Å²) in [5, 5.41) is 4.04. The van der Waals surface area contributed by atoms with E-state index in [4.69, 9.17) is 4.74 Å². The van der Waals surface area contributed by atoms with Crippen LogP contribution in [0.1, 0.15) is 180 Å². The van der Waals surface area contributed by atoms with Crippen molar-refractivity contribution in [3.63, 3.8) is 0 Å². The van der Waals surface area contributed by atoms with E-state index in [2.05, 4.69) is 204 Å². The van der Waals surface area contributed by atoms with E-state index < -0.39 is 0 Å². The molecule has 318 valence electrons. The monoisotopic (exact) mass is 1030 g/mol. The third-order valence-corrected chi connectivity index (χ3v) is 27.4. The second kappa shape index (κ2) is 27.3. The topological polar surface area (TPSA) is 9.23 Å². The zero-order chi connectivity index (χ0) is 40.8. The standard InChI is InChI=1S/2C18H40P2.C4H10O.CH2S3.2Rh/c2*1-15(2,3)19(16(4,5)6)13-14-20(17(7,8)9)18(10,11)12;1-3-5-4-2;2-1(3)4;;/h2*13-14H2,1-12H3;3-4H2,1-2H3;(H2,2,3,4);;/p+2. The van der Waals surface area contributed by atoms with Gasteiger partial charge in [-0.3, -0.25) is 3.53 Å². The number of ether oxygens (including phenoxy) is 1. The molecule has 0 unspecified atom stereocenters. The van der Waals surface area contributed by atoms with Crippen molar-refractivity contribution in [2.75, 3.05) is 37.9 Å². The molecule has 1 nitrogen and oxygen atoms in total. The molecule has 0 heterocycles. The Labute approximate surface area is 372 Å². The van der Waals surface area contributed by atoms with Crippen molar-refractivity contribution in [2.24, 2.45) is 0 Å². The smallest absolute Gasteiger partial charge is 0.0915 e. The van der Waals surface area contributed by atoms with Crippen molar-refractivity contribution >= 4 is 72.7 Å². The summed E-state index contributed by atoms with van der Waals surface area (Å²) in [5.74, 6) is 0. The average molecular weight is 1030 g/mol. The van der Waals surface area contributed by atoms with Crippen LogP contribution in [0.15, 0.2) is 0 Å². The van der Waals surface area contributed by atoms with Gasteiger partial charge in [-0.25, -0.2) is 0 Å². The second-order valence-corrected chi connectivity index (χ2v) is 41.8. The molecule has 0 aromatic heterocycles. The van der Waals surface area contributed by atoms with Crippen LogP contribution in [0.25, 0.3) is 0 Å². The summed E-state index contributed by atoms with van der Waals surface area (Å²) in [6, 6.07) is 0. The van der Waals surface area contributed by atoms with Gasteiger partial charge >= 0.3 is 0 Å². The number of thiocarbonyl (C=S) groups is 1. The molecular weight excluding hydrogens is 934 g/mol. The van der Waals surface area contributed by atoms with Crippen LogP contribution in [0, 0.1) is 0 Å². The van der Waals surface area contributed by atoms with E-state index >= 15 is 0 Å². The number of hydrogen-bond acceptors (Lipinski definition) is 4. The van der Waals surface area contributed by atoms with E-state index in [1.54, 1.807) is 0 Å². The molecular formula is C41H94OP4Rh2S3+2. The van der Waals surface area contributed by atoms with Gasteiger partial charge in [-0.2, -0.15) is 0 Å². The van der Waals surface area contributed by atoms with E-state index in [1.165, 1.54) is 24.6 Å². The Bertz CT molecular complexity index is 689. The maximum Gasteiger partial charge on any atom is 0.0915 e. The van der Waals surface area contributed by atoms with Crippen LogP contribution in [-0.2, 0) is 69.0 Å². The normalized spacial score (nSPS) is 13.3. The van der Waals surface area contributed by atoms with Gasteiger partial charge in [-0.15, -0.1) is 0 Å². The first kappa shape index (κ1) is 66.3. The van der Waals surface area contributed by atoms with Gasteiger partial charge in [-0.05, 0) is 180 Å². The SMILES string of the molecule is CC(C)(C)[PH+](CC[PH+](C(C)(C)C)C(C)(C)C)C(C)(C)C.CC(C)(C)[PH+](CC[PH+](C(C)(C)C)C(C)(C)C)C(C)(C)C.CCOCC.S=C([S-])[S-].[Rh].[Rh]. The summed E-state index contributed by atoms with van der Waals surface area (Å²) < 4.78 is 5.00. The van der Waals surface area contributed by atoms with E-state index in [1.807, 2.05) is 13.8 Å². The largest absolute Gasteiger partial charge is 0.570 e. The molecule has 0 aromatic rings. The van der Waals surface area contributed by atoms with Crippen molar-refractivity contribution in [3.05, 3.63) is 0 Å². The first-order valence-corrected chi connectivity index (χ1v) is 27.1.